The predicted molar refractivity (Wildman–Crippen MR) is 63.8 cm³/mol. The minimum atomic E-state index is -0.918. The molecule has 1 aromatic carbocycles. The first-order valence-corrected chi connectivity index (χ1v) is 6.05. The molecule has 2 nitrogen and oxygen atoms in total. The van der Waals surface area contributed by atoms with E-state index in [9.17, 15) is 13.2 Å². The topological polar surface area (TPSA) is 21.3 Å². The van der Waals surface area contributed by atoms with E-state index >= 15 is 0 Å². The number of rotatable bonds is 7. The summed E-state index contributed by atoms with van der Waals surface area (Å²) in [7, 11) is 0. The number of nitrogens with one attached hydrogen (secondary N) is 1. The minimum Gasteiger partial charge on any atom is -0.379 e. The van der Waals surface area contributed by atoms with Gasteiger partial charge in [-0.3, -0.25) is 0 Å². The Labute approximate surface area is 105 Å². The van der Waals surface area contributed by atoms with Gasteiger partial charge in [-0.2, -0.15) is 0 Å². The quantitative estimate of drug-likeness (QED) is 0.761. The first-order valence-electron chi connectivity index (χ1n) is 6.05. The maximum atomic E-state index is 13.6. The van der Waals surface area contributed by atoms with E-state index in [-0.39, 0.29) is 12.2 Å². The van der Waals surface area contributed by atoms with Crippen molar-refractivity contribution < 1.29 is 17.9 Å². The van der Waals surface area contributed by atoms with Gasteiger partial charge >= 0.3 is 0 Å². The lowest BCUT2D eigenvalue weighted by Crippen LogP contribution is -2.27. The average Bonchev–Trinajstić information content (AvgIpc) is 2.28. The lowest BCUT2D eigenvalue weighted by molar-refractivity contribution is 0.110. The number of hydrogen-bond donors (Lipinski definition) is 1. The van der Waals surface area contributed by atoms with Crippen molar-refractivity contribution in [1.29, 1.82) is 0 Å². The summed E-state index contributed by atoms with van der Waals surface area (Å²) in [4.78, 5) is 0. The Morgan fingerprint density at radius 3 is 2.28 bits per heavy atom. The molecule has 0 aliphatic heterocycles. The molecule has 1 atom stereocenters. The van der Waals surface area contributed by atoms with Gasteiger partial charge in [0.15, 0.2) is 0 Å². The molecule has 0 bridgehead atoms. The second-order valence-corrected chi connectivity index (χ2v) is 3.97. The molecule has 0 fully saturated rings. The molecular weight excluding hydrogens is 243 g/mol. The van der Waals surface area contributed by atoms with Gasteiger partial charge in [0.2, 0.25) is 0 Å². The van der Waals surface area contributed by atoms with E-state index in [1.165, 1.54) is 0 Å². The van der Waals surface area contributed by atoms with Gasteiger partial charge in [0, 0.05) is 24.3 Å². The second kappa shape index (κ2) is 7.38. The molecule has 0 heterocycles. The van der Waals surface area contributed by atoms with Crippen LogP contribution in [0.2, 0.25) is 0 Å². The molecule has 0 spiro atoms. The number of halogens is 3. The van der Waals surface area contributed by atoms with E-state index in [2.05, 4.69) is 5.32 Å². The number of benzene rings is 1. The summed E-state index contributed by atoms with van der Waals surface area (Å²) in [6.07, 6.45) is 0.827. The Balaban J connectivity index is 2.90. The average molecular weight is 261 g/mol. The molecule has 5 heteroatoms. The monoisotopic (exact) mass is 261 g/mol. The van der Waals surface area contributed by atoms with Crippen LogP contribution in [0.1, 0.15) is 31.9 Å². The Bertz CT molecular complexity index is 361. The zero-order valence-electron chi connectivity index (χ0n) is 10.6. The Morgan fingerprint density at radius 2 is 1.78 bits per heavy atom. The van der Waals surface area contributed by atoms with E-state index < -0.39 is 23.5 Å². The summed E-state index contributed by atoms with van der Waals surface area (Å²) in [6.45, 7) is 4.98. The van der Waals surface area contributed by atoms with Crippen LogP contribution in [0.5, 0.6) is 0 Å². The molecular formula is C13H18F3NO. The van der Waals surface area contributed by atoms with Crippen LogP contribution < -0.4 is 5.32 Å². The van der Waals surface area contributed by atoms with Gasteiger partial charge in [-0.25, -0.2) is 13.2 Å². The largest absolute Gasteiger partial charge is 0.379 e. The zero-order valence-corrected chi connectivity index (χ0v) is 10.6. The van der Waals surface area contributed by atoms with Gasteiger partial charge in [-0.05, 0) is 13.0 Å². The van der Waals surface area contributed by atoms with Crippen molar-refractivity contribution in [2.45, 2.75) is 26.3 Å². The molecule has 0 aromatic heterocycles. The molecule has 0 amide bonds. The maximum Gasteiger partial charge on any atom is 0.133 e. The first kappa shape index (κ1) is 15.0. The summed E-state index contributed by atoms with van der Waals surface area (Å²) in [6, 6.07) is 0.757. The highest BCUT2D eigenvalue weighted by Crippen LogP contribution is 2.22. The van der Waals surface area contributed by atoms with Crippen LogP contribution in [0.25, 0.3) is 0 Å². The van der Waals surface area contributed by atoms with E-state index in [1.807, 2.05) is 13.8 Å². The first-order chi connectivity index (χ1) is 8.60. The molecule has 0 aliphatic carbocycles. The summed E-state index contributed by atoms with van der Waals surface area (Å²) >= 11 is 0. The van der Waals surface area contributed by atoms with E-state index in [4.69, 9.17) is 4.74 Å². The fourth-order valence-electron chi connectivity index (χ4n) is 1.72. The Kier molecular flexibility index (Phi) is 6.15. The van der Waals surface area contributed by atoms with Crippen molar-refractivity contribution >= 4 is 0 Å². The Hall–Kier alpha value is -1.07. The van der Waals surface area contributed by atoms with Crippen molar-refractivity contribution in [1.82, 2.24) is 5.32 Å². The number of likely N-dealkylation sites (N-methyl/N-ethyl adjacent to an activating group) is 1. The predicted octanol–water partition coefficient (Wildman–Crippen LogP) is 3.18. The second-order valence-electron chi connectivity index (χ2n) is 3.97. The normalized spacial score (nSPS) is 12.7. The van der Waals surface area contributed by atoms with Gasteiger partial charge < -0.3 is 10.1 Å². The highest BCUT2D eigenvalue weighted by Gasteiger charge is 2.20. The van der Waals surface area contributed by atoms with E-state index in [0.29, 0.717) is 25.3 Å². The molecule has 0 aliphatic rings. The molecule has 102 valence electrons. The van der Waals surface area contributed by atoms with Crippen molar-refractivity contribution in [2.24, 2.45) is 0 Å². The van der Waals surface area contributed by atoms with Crippen LogP contribution in [0, 0.1) is 17.5 Å². The molecule has 0 radical (unpaired) electrons. The molecule has 1 N–H and O–H groups in total. The van der Waals surface area contributed by atoms with Crippen LogP contribution in [0.4, 0.5) is 13.2 Å². The molecule has 1 unspecified atom stereocenters. The van der Waals surface area contributed by atoms with Crippen molar-refractivity contribution in [2.75, 3.05) is 19.8 Å². The SMILES string of the molecule is CCCOCC(NCC)c1c(F)cc(F)cc1F. The lowest BCUT2D eigenvalue weighted by Gasteiger charge is -2.19. The Morgan fingerprint density at radius 1 is 1.17 bits per heavy atom. The third kappa shape index (κ3) is 3.99. The molecule has 1 aromatic rings. The van der Waals surface area contributed by atoms with Gasteiger partial charge in [0.1, 0.15) is 17.5 Å². The highest BCUT2D eigenvalue weighted by atomic mass is 19.1. The van der Waals surface area contributed by atoms with Gasteiger partial charge in [0.05, 0.1) is 12.6 Å². The highest BCUT2D eigenvalue weighted by molar-refractivity contribution is 5.24. The zero-order chi connectivity index (χ0) is 13.5. The van der Waals surface area contributed by atoms with Gasteiger partial charge in [-0.15, -0.1) is 0 Å². The van der Waals surface area contributed by atoms with Crippen LogP contribution in [0.3, 0.4) is 0 Å². The third-order valence-electron chi connectivity index (χ3n) is 2.48. The summed E-state index contributed by atoms with van der Waals surface area (Å²) in [5, 5.41) is 2.93. The molecule has 0 saturated carbocycles. The molecule has 18 heavy (non-hydrogen) atoms. The van der Waals surface area contributed by atoms with Crippen LogP contribution in [-0.2, 0) is 4.74 Å². The summed E-state index contributed by atoms with van der Waals surface area (Å²) < 4.78 is 45.4. The van der Waals surface area contributed by atoms with Crippen LogP contribution in [0.15, 0.2) is 12.1 Å². The molecule has 0 saturated heterocycles. The smallest absolute Gasteiger partial charge is 0.133 e. The van der Waals surface area contributed by atoms with E-state index in [0.717, 1.165) is 6.42 Å². The van der Waals surface area contributed by atoms with Gasteiger partial charge in [0.25, 0.3) is 0 Å². The summed E-state index contributed by atoms with van der Waals surface area (Å²) in [5.74, 6) is -2.70. The minimum absolute atomic E-state index is 0.154. The lowest BCUT2D eigenvalue weighted by atomic mass is 10.1. The van der Waals surface area contributed by atoms with Crippen LogP contribution >= 0.6 is 0 Å². The number of ether oxygens (including phenoxy) is 1. The van der Waals surface area contributed by atoms with Crippen molar-refractivity contribution in [3.8, 4) is 0 Å². The van der Waals surface area contributed by atoms with E-state index in [1.54, 1.807) is 0 Å². The third-order valence-corrected chi connectivity index (χ3v) is 2.48. The van der Waals surface area contributed by atoms with Gasteiger partial charge in [-0.1, -0.05) is 13.8 Å². The number of hydrogen-bond acceptors (Lipinski definition) is 2. The maximum absolute atomic E-state index is 13.6. The standard InChI is InChI=1S/C13H18F3NO/c1-3-5-18-8-12(17-4-2)13-10(15)6-9(14)7-11(13)16/h6-7,12,17H,3-5,8H2,1-2H3. The van der Waals surface area contributed by atoms with Crippen molar-refractivity contribution in [3.63, 3.8) is 0 Å². The van der Waals surface area contributed by atoms with Crippen LogP contribution in [-0.4, -0.2) is 19.8 Å². The summed E-state index contributed by atoms with van der Waals surface area (Å²) in [5.41, 5.74) is -0.172. The fourth-order valence-corrected chi connectivity index (χ4v) is 1.72. The fraction of sp³-hybridized carbons (Fsp3) is 0.538. The van der Waals surface area contributed by atoms with Crippen molar-refractivity contribution in [3.05, 3.63) is 35.1 Å². The molecule has 1 rings (SSSR count).